The van der Waals surface area contributed by atoms with Gasteiger partial charge >= 0.3 is 0 Å². The highest BCUT2D eigenvalue weighted by molar-refractivity contribution is 7.89. The van der Waals surface area contributed by atoms with E-state index in [-0.39, 0.29) is 18.9 Å². The van der Waals surface area contributed by atoms with Crippen molar-refractivity contribution in [3.05, 3.63) is 59.2 Å². The van der Waals surface area contributed by atoms with Crippen LogP contribution in [0.15, 0.2) is 47.4 Å². The van der Waals surface area contributed by atoms with Crippen LogP contribution in [-0.4, -0.2) is 45.9 Å². The Morgan fingerprint density at radius 2 is 1.72 bits per heavy atom. The summed E-state index contributed by atoms with van der Waals surface area (Å²) >= 11 is 0. The number of anilines is 1. The average Bonchev–Trinajstić information content (AvgIpc) is 3.33. The Morgan fingerprint density at radius 1 is 1.00 bits per heavy atom. The molecule has 2 aromatic carbocycles. The van der Waals surface area contributed by atoms with Crippen molar-refractivity contribution in [3.8, 4) is 0 Å². The van der Waals surface area contributed by atoms with Gasteiger partial charge in [0.2, 0.25) is 15.9 Å². The van der Waals surface area contributed by atoms with E-state index in [0.717, 1.165) is 49.9 Å². The maximum Gasteiger partial charge on any atom is 0.240 e. The minimum absolute atomic E-state index is 0.0747. The molecule has 4 rings (SSSR count). The molecule has 172 valence electrons. The number of amides is 1. The lowest BCUT2D eigenvalue weighted by Crippen LogP contribution is -2.32. The quantitative estimate of drug-likeness (QED) is 0.662. The van der Waals surface area contributed by atoms with Gasteiger partial charge in [-0.2, -0.15) is 0 Å². The predicted octanol–water partition coefficient (Wildman–Crippen LogP) is 3.49. The molecule has 32 heavy (non-hydrogen) atoms. The van der Waals surface area contributed by atoms with Gasteiger partial charge in [0.15, 0.2) is 0 Å². The zero-order valence-corrected chi connectivity index (χ0v) is 19.7. The maximum absolute atomic E-state index is 12.7. The van der Waals surface area contributed by atoms with Crippen LogP contribution >= 0.6 is 0 Å². The molecule has 2 aromatic rings. The molecule has 6 nitrogen and oxygen atoms in total. The molecule has 7 heteroatoms. The van der Waals surface area contributed by atoms with Gasteiger partial charge in [-0.05, 0) is 73.4 Å². The zero-order chi connectivity index (χ0) is 22.6. The van der Waals surface area contributed by atoms with Crippen molar-refractivity contribution < 1.29 is 13.2 Å². The number of hydrogen-bond donors (Lipinski definition) is 1. The van der Waals surface area contributed by atoms with E-state index in [1.54, 1.807) is 24.1 Å². The fourth-order valence-corrected chi connectivity index (χ4v) is 5.78. The Bertz CT molecular complexity index is 1060. The van der Waals surface area contributed by atoms with Crippen LogP contribution in [0.3, 0.4) is 0 Å². The molecule has 1 amide bonds. The molecule has 1 saturated heterocycles. The van der Waals surface area contributed by atoms with Crippen LogP contribution in [0.4, 0.5) is 5.69 Å². The molecular formula is C25H33N3O3S. The van der Waals surface area contributed by atoms with Crippen LogP contribution in [0.25, 0.3) is 0 Å². The summed E-state index contributed by atoms with van der Waals surface area (Å²) in [4.78, 5) is 17.0. The maximum atomic E-state index is 12.7. The van der Waals surface area contributed by atoms with Crippen molar-refractivity contribution >= 4 is 21.6 Å². The molecule has 1 N–H and O–H groups in total. The molecular weight excluding hydrogens is 422 g/mol. The molecule has 1 fully saturated rings. The number of fused-ring (bicyclic) bond motifs is 1. The molecule has 0 atom stereocenters. The highest BCUT2D eigenvalue weighted by Gasteiger charge is 2.20. The highest BCUT2D eigenvalue weighted by atomic mass is 32.2. The van der Waals surface area contributed by atoms with Gasteiger partial charge in [-0.3, -0.25) is 4.79 Å². The molecule has 0 bridgehead atoms. The van der Waals surface area contributed by atoms with E-state index in [1.807, 2.05) is 18.2 Å². The van der Waals surface area contributed by atoms with Gasteiger partial charge in [-0.1, -0.05) is 24.3 Å². The average molecular weight is 456 g/mol. The summed E-state index contributed by atoms with van der Waals surface area (Å²) in [5, 5.41) is 0. The Labute approximate surface area is 191 Å². The van der Waals surface area contributed by atoms with Crippen molar-refractivity contribution in [1.82, 2.24) is 9.62 Å². The Kier molecular flexibility index (Phi) is 7.16. The lowest BCUT2D eigenvalue weighted by Gasteiger charge is -2.24. The number of rotatable bonds is 8. The smallest absolute Gasteiger partial charge is 0.240 e. The number of aryl methyl sites for hydroxylation is 2. The number of carbonyl (C=O) groups excluding carboxylic acids is 1. The second kappa shape index (κ2) is 10.0. The van der Waals surface area contributed by atoms with Crippen molar-refractivity contribution in [3.63, 3.8) is 0 Å². The third-order valence-electron chi connectivity index (χ3n) is 6.53. The number of hydrogen-bond acceptors (Lipinski definition) is 4. The topological polar surface area (TPSA) is 69.7 Å². The van der Waals surface area contributed by atoms with Gasteiger partial charge in [0, 0.05) is 45.3 Å². The number of nitrogens with zero attached hydrogens (tertiary/aromatic N) is 2. The third-order valence-corrected chi connectivity index (χ3v) is 7.99. The van der Waals surface area contributed by atoms with Crippen LogP contribution in [0.5, 0.6) is 0 Å². The van der Waals surface area contributed by atoms with Crippen LogP contribution in [0.1, 0.15) is 48.8 Å². The van der Waals surface area contributed by atoms with E-state index in [9.17, 15) is 13.2 Å². The summed E-state index contributed by atoms with van der Waals surface area (Å²) in [6, 6.07) is 13.6. The number of carbonyl (C=O) groups is 1. The number of para-hydroxylation sites is 1. The Balaban J connectivity index is 1.32. The van der Waals surface area contributed by atoms with Gasteiger partial charge in [-0.15, -0.1) is 0 Å². The van der Waals surface area contributed by atoms with E-state index in [1.165, 1.54) is 24.1 Å². The molecule has 0 radical (unpaired) electrons. The summed E-state index contributed by atoms with van der Waals surface area (Å²) in [5.41, 5.74) is 4.70. The monoisotopic (exact) mass is 455 g/mol. The molecule has 1 aliphatic heterocycles. The first-order valence-corrected chi connectivity index (χ1v) is 13.1. The molecule has 0 unspecified atom stereocenters. The van der Waals surface area contributed by atoms with Gasteiger partial charge < -0.3 is 9.80 Å². The van der Waals surface area contributed by atoms with Gasteiger partial charge in [0.1, 0.15) is 0 Å². The van der Waals surface area contributed by atoms with E-state index < -0.39 is 10.0 Å². The fourth-order valence-electron chi connectivity index (χ4n) is 4.70. The van der Waals surface area contributed by atoms with Gasteiger partial charge in [0.05, 0.1) is 4.90 Å². The fraction of sp³-hybridized carbons (Fsp3) is 0.480. The third kappa shape index (κ3) is 5.33. The van der Waals surface area contributed by atoms with Crippen molar-refractivity contribution in [2.75, 3.05) is 31.6 Å². The van der Waals surface area contributed by atoms with E-state index in [4.69, 9.17) is 0 Å². The van der Waals surface area contributed by atoms with Crippen molar-refractivity contribution in [2.24, 2.45) is 0 Å². The first-order valence-electron chi connectivity index (χ1n) is 11.6. The normalized spacial score (nSPS) is 16.1. The lowest BCUT2D eigenvalue weighted by atomic mass is 9.92. The van der Waals surface area contributed by atoms with Gasteiger partial charge in [-0.25, -0.2) is 13.1 Å². The van der Waals surface area contributed by atoms with E-state index in [0.29, 0.717) is 11.4 Å². The SMILES string of the molecule is CN(Cc1ccccc1N1CCCC1)C(=O)CCNS(=O)(=O)c1ccc2c(c1)CCCC2. The predicted molar refractivity (Wildman–Crippen MR) is 127 cm³/mol. The summed E-state index contributed by atoms with van der Waals surface area (Å²) in [7, 11) is -1.84. The summed E-state index contributed by atoms with van der Waals surface area (Å²) in [5.74, 6) is -0.0747. The summed E-state index contributed by atoms with van der Waals surface area (Å²) in [6.45, 7) is 2.72. The molecule has 0 saturated carbocycles. The first-order chi connectivity index (χ1) is 15.4. The number of sulfonamides is 1. The number of nitrogens with one attached hydrogen (secondary N) is 1. The van der Waals surface area contributed by atoms with Crippen LogP contribution in [-0.2, 0) is 34.2 Å². The van der Waals surface area contributed by atoms with Crippen LogP contribution in [0, 0.1) is 0 Å². The van der Waals surface area contributed by atoms with Crippen molar-refractivity contribution in [2.45, 2.75) is 56.4 Å². The first kappa shape index (κ1) is 22.8. The summed E-state index contributed by atoms with van der Waals surface area (Å²) in [6.07, 6.45) is 6.75. The number of benzene rings is 2. The Hall–Kier alpha value is -2.38. The molecule has 2 aliphatic rings. The van der Waals surface area contributed by atoms with E-state index in [2.05, 4.69) is 21.8 Å². The molecule has 1 aliphatic carbocycles. The van der Waals surface area contributed by atoms with Crippen molar-refractivity contribution in [1.29, 1.82) is 0 Å². The second-order valence-corrected chi connectivity index (χ2v) is 10.6. The largest absolute Gasteiger partial charge is 0.371 e. The van der Waals surface area contributed by atoms with E-state index >= 15 is 0 Å². The molecule has 1 heterocycles. The Morgan fingerprint density at radius 3 is 2.50 bits per heavy atom. The molecule has 0 aromatic heterocycles. The highest BCUT2D eigenvalue weighted by Crippen LogP contribution is 2.26. The minimum Gasteiger partial charge on any atom is -0.371 e. The minimum atomic E-state index is -3.62. The second-order valence-electron chi connectivity index (χ2n) is 8.86. The standard InChI is InChI=1S/C25H33N3O3S/c1-27(19-22-10-4-5-11-24(22)28-16-6-7-17-28)25(29)14-15-26-32(30,31)23-13-12-20-8-2-3-9-21(20)18-23/h4-5,10-13,18,26H,2-3,6-9,14-17,19H2,1H3. The molecule has 0 spiro atoms. The van der Waals surface area contributed by atoms with Crippen LogP contribution in [0.2, 0.25) is 0 Å². The van der Waals surface area contributed by atoms with Crippen LogP contribution < -0.4 is 9.62 Å². The summed E-state index contributed by atoms with van der Waals surface area (Å²) < 4.78 is 28.0. The lowest BCUT2D eigenvalue weighted by molar-refractivity contribution is -0.130. The zero-order valence-electron chi connectivity index (χ0n) is 18.8. The van der Waals surface area contributed by atoms with Gasteiger partial charge in [0.25, 0.3) is 0 Å².